The van der Waals surface area contributed by atoms with Gasteiger partial charge in [0.1, 0.15) is 10.6 Å². The summed E-state index contributed by atoms with van der Waals surface area (Å²) in [5, 5.41) is 11.3. The number of rotatable bonds is 4. The van der Waals surface area contributed by atoms with Crippen LogP contribution in [0.1, 0.15) is 23.3 Å². The number of nitrogens with one attached hydrogen (secondary N) is 2. The predicted molar refractivity (Wildman–Crippen MR) is 73.3 cm³/mol. The third kappa shape index (κ3) is 3.08. The summed E-state index contributed by atoms with van der Waals surface area (Å²) in [5.41, 5.74) is -0.187. The molecular formula is C12H17N3O5S. The number of H-pyrrole nitrogens is 1. The van der Waals surface area contributed by atoms with E-state index in [2.05, 4.69) is 10.3 Å². The zero-order valence-electron chi connectivity index (χ0n) is 11.5. The maximum Gasteiger partial charge on any atom is 0.352 e. The molecule has 3 N–H and O–H groups in total. The fourth-order valence-electron chi connectivity index (χ4n) is 2.37. The van der Waals surface area contributed by atoms with Crippen LogP contribution in [0, 0.1) is 5.92 Å². The molecule has 8 nitrogen and oxygen atoms in total. The Labute approximate surface area is 122 Å². The number of aromatic carboxylic acids is 1. The standard InChI is InChI=1S/C12H17N3O5S/c1-13-11(16)8-3-2-4-15(7-8)21(19,20)9-5-10(12(17)18)14-6-9/h5-6,8,14H,2-4,7H2,1H3,(H,13,16)(H,17,18). The molecule has 21 heavy (non-hydrogen) atoms. The number of sulfonamides is 1. The Morgan fingerprint density at radius 3 is 2.76 bits per heavy atom. The molecule has 2 rings (SSSR count). The molecule has 1 unspecified atom stereocenters. The zero-order chi connectivity index (χ0) is 15.6. The van der Waals surface area contributed by atoms with Crippen LogP contribution in [0.3, 0.4) is 0 Å². The number of carboxylic acids is 1. The second-order valence-corrected chi connectivity index (χ2v) is 6.81. The number of carboxylic acid groups (broad SMARTS) is 1. The quantitative estimate of drug-likeness (QED) is 0.714. The molecule has 0 bridgehead atoms. The van der Waals surface area contributed by atoms with Crippen LogP contribution >= 0.6 is 0 Å². The number of nitrogens with zero attached hydrogens (tertiary/aromatic N) is 1. The highest BCUT2D eigenvalue weighted by Crippen LogP contribution is 2.24. The number of hydrogen-bond acceptors (Lipinski definition) is 4. The van der Waals surface area contributed by atoms with Gasteiger partial charge in [-0.2, -0.15) is 4.31 Å². The van der Waals surface area contributed by atoms with E-state index in [-0.39, 0.29) is 29.0 Å². The van der Waals surface area contributed by atoms with Crippen LogP contribution in [0.4, 0.5) is 0 Å². The highest BCUT2D eigenvalue weighted by Gasteiger charge is 2.33. The molecule has 1 aromatic heterocycles. The van der Waals surface area contributed by atoms with Gasteiger partial charge in [-0.3, -0.25) is 4.79 Å². The Kier molecular flexibility index (Phi) is 4.33. The van der Waals surface area contributed by atoms with Crippen molar-refractivity contribution < 1.29 is 23.1 Å². The molecule has 1 fully saturated rings. The fraction of sp³-hybridized carbons (Fsp3) is 0.500. The van der Waals surface area contributed by atoms with Crippen molar-refractivity contribution in [1.29, 1.82) is 0 Å². The van der Waals surface area contributed by atoms with Gasteiger partial charge in [-0.1, -0.05) is 0 Å². The largest absolute Gasteiger partial charge is 0.477 e. The Hall–Kier alpha value is -1.87. The minimum absolute atomic E-state index is 0.0996. The summed E-state index contributed by atoms with van der Waals surface area (Å²) >= 11 is 0. The van der Waals surface area contributed by atoms with Crippen molar-refractivity contribution in [3.05, 3.63) is 18.0 Å². The number of hydrogen-bond donors (Lipinski definition) is 3. The normalized spacial score (nSPS) is 20.1. The average Bonchev–Trinajstić information content (AvgIpc) is 2.97. The third-order valence-electron chi connectivity index (χ3n) is 3.53. The molecule has 0 aromatic carbocycles. The Bertz CT molecular complexity index is 652. The summed E-state index contributed by atoms with van der Waals surface area (Å²) in [7, 11) is -2.28. The lowest BCUT2D eigenvalue weighted by atomic mass is 9.99. The lowest BCUT2D eigenvalue weighted by Gasteiger charge is -2.30. The van der Waals surface area contributed by atoms with Crippen LogP contribution in [-0.2, 0) is 14.8 Å². The molecule has 9 heteroatoms. The van der Waals surface area contributed by atoms with E-state index in [4.69, 9.17) is 5.11 Å². The van der Waals surface area contributed by atoms with E-state index < -0.39 is 16.0 Å². The minimum atomic E-state index is -3.79. The lowest BCUT2D eigenvalue weighted by molar-refractivity contribution is -0.125. The number of carbonyl (C=O) groups excluding carboxylic acids is 1. The molecule has 1 saturated heterocycles. The van der Waals surface area contributed by atoms with Crippen LogP contribution in [0.2, 0.25) is 0 Å². The molecule has 2 heterocycles. The number of amides is 1. The topological polar surface area (TPSA) is 120 Å². The van der Waals surface area contributed by atoms with Crippen molar-refractivity contribution in [2.45, 2.75) is 17.7 Å². The van der Waals surface area contributed by atoms with Gasteiger partial charge in [0.15, 0.2) is 0 Å². The Morgan fingerprint density at radius 1 is 1.48 bits per heavy atom. The molecule has 1 aliphatic heterocycles. The first-order valence-corrected chi connectivity index (χ1v) is 7.93. The summed E-state index contributed by atoms with van der Waals surface area (Å²) in [6, 6.07) is 1.08. The molecule has 1 atom stereocenters. The lowest BCUT2D eigenvalue weighted by Crippen LogP contribution is -2.44. The highest BCUT2D eigenvalue weighted by molar-refractivity contribution is 7.89. The van der Waals surface area contributed by atoms with Gasteiger partial charge >= 0.3 is 5.97 Å². The number of aromatic nitrogens is 1. The van der Waals surface area contributed by atoms with E-state index >= 15 is 0 Å². The molecule has 1 aliphatic rings. The average molecular weight is 315 g/mol. The van der Waals surface area contributed by atoms with Crippen LogP contribution in [0.25, 0.3) is 0 Å². The summed E-state index contributed by atoms with van der Waals surface area (Å²) in [6.07, 6.45) is 2.38. The molecular weight excluding hydrogens is 298 g/mol. The van der Waals surface area contributed by atoms with Gasteiger partial charge in [-0.25, -0.2) is 13.2 Å². The first kappa shape index (κ1) is 15.5. The fourth-order valence-corrected chi connectivity index (χ4v) is 3.89. The third-order valence-corrected chi connectivity index (χ3v) is 5.37. The van der Waals surface area contributed by atoms with Crippen LogP contribution in [0.5, 0.6) is 0 Å². The zero-order valence-corrected chi connectivity index (χ0v) is 12.3. The molecule has 1 aromatic rings. The van der Waals surface area contributed by atoms with Crippen LogP contribution in [-0.4, -0.2) is 54.8 Å². The second-order valence-electron chi connectivity index (χ2n) is 4.87. The van der Waals surface area contributed by atoms with E-state index in [9.17, 15) is 18.0 Å². The van der Waals surface area contributed by atoms with E-state index in [0.717, 1.165) is 12.3 Å². The van der Waals surface area contributed by atoms with Gasteiger partial charge in [0, 0.05) is 26.3 Å². The van der Waals surface area contributed by atoms with Crippen molar-refractivity contribution in [3.63, 3.8) is 0 Å². The van der Waals surface area contributed by atoms with Crippen LogP contribution in [0.15, 0.2) is 17.2 Å². The van der Waals surface area contributed by atoms with Crippen molar-refractivity contribution in [1.82, 2.24) is 14.6 Å². The monoisotopic (exact) mass is 315 g/mol. The van der Waals surface area contributed by atoms with E-state index in [1.165, 1.54) is 11.4 Å². The Balaban J connectivity index is 2.22. The predicted octanol–water partition coefficient (Wildman–Crippen LogP) is -0.140. The maximum absolute atomic E-state index is 12.5. The van der Waals surface area contributed by atoms with Gasteiger partial charge in [-0.15, -0.1) is 0 Å². The SMILES string of the molecule is CNC(=O)C1CCCN(S(=O)(=O)c2c[nH]c(C(=O)O)c2)C1. The van der Waals surface area contributed by atoms with E-state index in [0.29, 0.717) is 19.4 Å². The molecule has 1 amide bonds. The first-order valence-electron chi connectivity index (χ1n) is 6.49. The highest BCUT2D eigenvalue weighted by atomic mass is 32.2. The van der Waals surface area contributed by atoms with Crippen molar-refractivity contribution >= 4 is 21.9 Å². The summed E-state index contributed by atoms with van der Waals surface area (Å²) in [5.74, 6) is -1.79. The molecule has 116 valence electrons. The second kappa shape index (κ2) is 5.86. The first-order chi connectivity index (χ1) is 9.86. The van der Waals surface area contributed by atoms with Crippen molar-refractivity contribution in [3.8, 4) is 0 Å². The minimum Gasteiger partial charge on any atom is -0.477 e. The maximum atomic E-state index is 12.5. The van der Waals surface area contributed by atoms with Gasteiger partial charge < -0.3 is 15.4 Å². The summed E-state index contributed by atoms with van der Waals surface area (Å²) in [6.45, 7) is 0.430. The molecule has 0 saturated carbocycles. The Morgan fingerprint density at radius 2 is 2.19 bits per heavy atom. The number of piperidine rings is 1. The van der Waals surface area contributed by atoms with Crippen molar-refractivity contribution in [2.24, 2.45) is 5.92 Å². The van der Waals surface area contributed by atoms with Gasteiger partial charge in [-0.05, 0) is 18.9 Å². The van der Waals surface area contributed by atoms with Gasteiger partial charge in [0.05, 0.1) is 5.92 Å². The molecule has 0 aliphatic carbocycles. The van der Waals surface area contributed by atoms with Gasteiger partial charge in [0.2, 0.25) is 15.9 Å². The van der Waals surface area contributed by atoms with E-state index in [1.807, 2.05) is 0 Å². The summed E-state index contributed by atoms with van der Waals surface area (Å²) in [4.78, 5) is 24.8. The van der Waals surface area contributed by atoms with Crippen LogP contribution < -0.4 is 5.32 Å². The smallest absolute Gasteiger partial charge is 0.352 e. The van der Waals surface area contributed by atoms with E-state index in [1.54, 1.807) is 0 Å². The van der Waals surface area contributed by atoms with Gasteiger partial charge in [0.25, 0.3) is 0 Å². The number of carbonyl (C=O) groups is 2. The molecule has 0 spiro atoms. The number of aromatic amines is 1. The molecule has 0 radical (unpaired) electrons. The summed E-state index contributed by atoms with van der Waals surface area (Å²) < 4.78 is 26.1. The van der Waals surface area contributed by atoms with Crippen molar-refractivity contribution in [2.75, 3.05) is 20.1 Å².